The molecule has 0 amide bonds. The van der Waals surface area contributed by atoms with Crippen LogP contribution in [-0.2, 0) is 11.2 Å². The maximum absolute atomic E-state index is 14.6. The van der Waals surface area contributed by atoms with Crippen molar-refractivity contribution in [3.63, 3.8) is 0 Å². The number of nitrogens with zero attached hydrogens (tertiary/aromatic N) is 3. The molecule has 1 unspecified atom stereocenters. The molecule has 3 heterocycles. The number of hydrogen-bond donors (Lipinski definition) is 1. The highest BCUT2D eigenvalue weighted by Gasteiger charge is 2.24. The van der Waals surface area contributed by atoms with E-state index in [-0.39, 0.29) is 46.3 Å². The van der Waals surface area contributed by atoms with Gasteiger partial charge in [-0.3, -0.25) is 14.2 Å². The first-order chi connectivity index (χ1) is 16.8. The highest BCUT2D eigenvalue weighted by atomic mass is 35.5. The third kappa shape index (κ3) is 4.64. The van der Waals surface area contributed by atoms with Crippen molar-refractivity contribution in [3.05, 3.63) is 63.5 Å². The van der Waals surface area contributed by atoms with E-state index in [1.165, 1.54) is 16.7 Å². The summed E-state index contributed by atoms with van der Waals surface area (Å²) in [6, 6.07) is 9.24. The number of hydrogen-bond acceptors (Lipinski definition) is 8. The van der Waals surface area contributed by atoms with Crippen LogP contribution in [0.2, 0.25) is 5.02 Å². The van der Waals surface area contributed by atoms with E-state index in [4.69, 9.17) is 30.9 Å². The number of aliphatic carboxylic acids is 1. The van der Waals surface area contributed by atoms with Gasteiger partial charge in [-0.1, -0.05) is 16.7 Å². The summed E-state index contributed by atoms with van der Waals surface area (Å²) in [6.07, 6.45) is -0.773. The molecule has 12 heteroatoms. The molecule has 4 aromatic rings. The van der Waals surface area contributed by atoms with Gasteiger partial charge in [-0.15, -0.1) is 5.10 Å². The average molecular weight is 518 g/mol. The van der Waals surface area contributed by atoms with Crippen molar-refractivity contribution in [2.24, 2.45) is 0 Å². The number of carbonyl (C=O) groups excluding carboxylic acids is 1. The zero-order valence-corrected chi connectivity index (χ0v) is 19.7. The zero-order valence-electron chi connectivity index (χ0n) is 18.2. The first-order valence-electron chi connectivity index (χ1n) is 10.4. The number of ether oxygens (including phenoxy) is 3. The maximum atomic E-state index is 14.6. The van der Waals surface area contributed by atoms with Gasteiger partial charge in [0.25, 0.3) is 11.1 Å². The molecular weight excluding hydrogens is 501 g/mol. The fourth-order valence-corrected chi connectivity index (χ4v) is 4.58. The van der Waals surface area contributed by atoms with Crippen LogP contribution in [0.25, 0.3) is 10.9 Å². The maximum Gasteiger partial charge on any atom is 0.307 e. The van der Waals surface area contributed by atoms with Crippen LogP contribution < -0.4 is 14.2 Å². The molecule has 1 aliphatic heterocycles. The molecule has 1 atom stereocenters. The van der Waals surface area contributed by atoms with Crippen LogP contribution in [0.3, 0.4) is 0 Å². The Morgan fingerprint density at radius 1 is 1.26 bits per heavy atom. The molecule has 0 saturated carbocycles. The fraction of sp³-hybridized carbons (Fsp3) is 0.217. The summed E-state index contributed by atoms with van der Waals surface area (Å²) in [4.78, 5) is 24.3. The van der Waals surface area contributed by atoms with E-state index in [1.807, 2.05) is 0 Å². The van der Waals surface area contributed by atoms with Crippen molar-refractivity contribution >= 4 is 45.7 Å². The summed E-state index contributed by atoms with van der Waals surface area (Å²) in [5, 5.41) is 17.8. The Hall–Kier alpha value is -3.70. The molecule has 9 nitrogen and oxygen atoms in total. The first kappa shape index (κ1) is 23.1. The highest BCUT2D eigenvalue weighted by Crippen LogP contribution is 2.34. The van der Waals surface area contributed by atoms with Crippen LogP contribution in [0.4, 0.5) is 4.39 Å². The Balaban J connectivity index is 1.32. The minimum atomic E-state index is -1.10. The molecule has 0 spiro atoms. The second-order valence-electron chi connectivity index (χ2n) is 7.83. The lowest BCUT2D eigenvalue weighted by Crippen LogP contribution is -2.34. The molecule has 1 N–H and O–H groups in total. The second kappa shape index (κ2) is 9.16. The van der Waals surface area contributed by atoms with Crippen LogP contribution >= 0.6 is 22.9 Å². The van der Waals surface area contributed by atoms with Crippen molar-refractivity contribution in [2.75, 3.05) is 13.2 Å². The minimum absolute atomic E-state index is 0.0328. The summed E-state index contributed by atoms with van der Waals surface area (Å²) in [5.74, 6) is -1.13. The van der Waals surface area contributed by atoms with Crippen LogP contribution in [0.5, 0.6) is 16.7 Å². The number of halogens is 2. The Morgan fingerprint density at radius 3 is 2.89 bits per heavy atom. The van der Waals surface area contributed by atoms with Gasteiger partial charge in [-0.05, 0) is 54.2 Å². The molecule has 2 aromatic carbocycles. The van der Waals surface area contributed by atoms with Gasteiger partial charge in [-0.2, -0.15) is 0 Å². The van der Waals surface area contributed by atoms with Crippen molar-refractivity contribution in [1.29, 1.82) is 0 Å². The summed E-state index contributed by atoms with van der Waals surface area (Å²) in [5.41, 5.74) is 0.975. The SMILES string of the molecule is Cc1cc2c(F)cc(CC(=O)O)cc2n1C(=O)c1nnc(OCC2COc3cc(Cl)ccc3O2)s1. The number of rotatable bonds is 6. The van der Waals surface area contributed by atoms with Gasteiger partial charge >= 0.3 is 5.97 Å². The first-order valence-corrected chi connectivity index (χ1v) is 11.6. The van der Waals surface area contributed by atoms with Gasteiger partial charge in [0.05, 0.1) is 11.9 Å². The summed E-state index contributed by atoms with van der Waals surface area (Å²) in [7, 11) is 0. The molecule has 35 heavy (non-hydrogen) atoms. The Bertz CT molecular complexity index is 1470. The molecule has 0 fully saturated rings. The minimum Gasteiger partial charge on any atom is -0.486 e. The van der Waals surface area contributed by atoms with Crippen molar-refractivity contribution in [1.82, 2.24) is 14.8 Å². The molecule has 2 aromatic heterocycles. The Kier molecular flexibility index (Phi) is 6.03. The highest BCUT2D eigenvalue weighted by molar-refractivity contribution is 7.15. The monoisotopic (exact) mass is 517 g/mol. The number of aromatic nitrogens is 3. The number of fused-ring (bicyclic) bond motifs is 2. The van der Waals surface area contributed by atoms with E-state index in [9.17, 15) is 14.0 Å². The van der Waals surface area contributed by atoms with E-state index in [2.05, 4.69) is 10.2 Å². The summed E-state index contributed by atoms with van der Waals surface area (Å²) < 4.78 is 33.0. The topological polar surface area (TPSA) is 113 Å². The van der Waals surface area contributed by atoms with Gasteiger partial charge in [0.15, 0.2) is 17.6 Å². The largest absolute Gasteiger partial charge is 0.486 e. The van der Waals surface area contributed by atoms with Crippen LogP contribution in [-0.4, -0.2) is 51.1 Å². The number of carbonyl (C=O) groups is 2. The van der Waals surface area contributed by atoms with E-state index in [0.29, 0.717) is 22.2 Å². The number of benzene rings is 2. The summed E-state index contributed by atoms with van der Waals surface area (Å²) >= 11 is 6.89. The van der Waals surface area contributed by atoms with Crippen molar-refractivity contribution in [3.8, 4) is 16.7 Å². The number of aryl methyl sites for hydroxylation is 1. The lowest BCUT2D eigenvalue weighted by Gasteiger charge is -2.26. The van der Waals surface area contributed by atoms with Gasteiger partial charge in [0.2, 0.25) is 5.01 Å². The molecular formula is C23H17ClFN3O6S. The van der Waals surface area contributed by atoms with E-state index in [0.717, 1.165) is 17.4 Å². The molecule has 0 bridgehead atoms. The summed E-state index contributed by atoms with van der Waals surface area (Å²) in [6.45, 7) is 2.01. The Labute approximate surface area is 206 Å². The molecule has 0 radical (unpaired) electrons. The fourth-order valence-electron chi connectivity index (χ4n) is 3.78. The van der Waals surface area contributed by atoms with Crippen LogP contribution in [0.15, 0.2) is 36.4 Å². The normalized spacial score (nSPS) is 14.8. The average Bonchev–Trinajstić information content (AvgIpc) is 3.41. The predicted molar refractivity (Wildman–Crippen MR) is 124 cm³/mol. The standard InChI is InChI=1S/C23H17ClFN3O6S/c1-11-4-15-16(25)5-12(7-20(29)30)6-17(15)28(11)22(31)21-26-27-23(35-21)33-10-14-9-32-19-8-13(24)2-3-18(19)34-14/h2-6,8,14H,7,9-10H2,1H3,(H,29,30). The third-order valence-corrected chi connectivity index (χ3v) is 6.34. The van der Waals surface area contributed by atoms with Crippen LogP contribution in [0.1, 0.15) is 21.1 Å². The van der Waals surface area contributed by atoms with Gasteiger partial charge in [0.1, 0.15) is 19.0 Å². The molecule has 0 saturated heterocycles. The van der Waals surface area contributed by atoms with Crippen molar-refractivity contribution in [2.45, 2.75) is 19.4 Å². The smallest absolute Gasteiger partial charge is 0.307 e. The lowest BCUT2D eigenvalue weighted by atomic mass is 10.1. The van der Waals surface area contributed by atoms with Gasteiger partial charge in [-0.25, -0.2) is 4.39 Å². The number of carboxylic acids is 1. The quantitative estimate of drug-likeness (QED) is 0.406. The second-order valence-corrected chi connectivity index (χ2v) is 9.21. The van der Waals surface area contributed by atoms with E-state index in [1.54, 1.807) is 25.1 Å². The van der Waals surface area contributed by atoms with Crippen LogP contribution in [0, 0.1) is 12.7 Å². The van der Waals surface area contributed by atoms with E-state index < -0.39 is 23.8 Å². The van der Waals surface area contributed by atoms with Gasteiger partial charge < -0.3 is 19.3 Å². The molecule has 180 valence electrons. The predicted octanol–water partition coefficient (Wildman–Crippen LogP) is 4.13. The third-order valence-electron chi connectivity index (χ3n) is 5.28. The zero-order chi connectivity index (χ0) is 24.7. The molecule has 5 rings (SSSR count). The lowest BCUT2D eigenvalue weighted by molar-refractivity contribution is -0.136. The number of carboxylic acid groups (broad SMARTS) is 1. The Morgan fingerprint density at radius 2 is 2.09 bits per heavy atom. The van der Waals surface area contributed by atoms with Gasteiger partial charge in [0, 0.05) is 22.2 Å². The molecule has 0 aliphatic carbocycles. The van der Waals surface area contributed by atoms with E-state index >= 15 is 0 Å². The van der Waals surface area contributed by atoms with Crippen molar-refractivity contribution < 1.29 is 33.3 Å². The molecule has 1 aliphatic rings.